The van der Waals surface area contributed by atoms with Gasteiger partial charge < -0.3 is 10.3 Å². The van der Waals surface area contributed by atoms with E-state index >= 15 is 0 Å². The van der Waals surface area contributed by atoms with Crippen molar-refractivity contribution in [3.8, 4) is 0 Å². The van der Waals surface area contributed by atoms with Crippen molar-refractivity contribution in [1.29, 1.82) is 0 Å². The molecule has 0 saturated heterocycles. The zero-order chi connectivity index (χ0) is 19.4. The number of amides is 1. The van der Waals surface area contributed by atoms with Crippen molar-refractivity contribution in [2.45, 2.75) is 25.3 Å². The maximum atomic E-state index is 14.7. The highest BCUT2D eigenvalue weighted by Gasteiger charge is 2.46. The van der Waals surface area contributed by atoms with E-state index < -0.39 is 17.7 Å². The van der Waals surface area contributed by atoms with E-state index in [0.717, 1.165) is 23.3 Å². The van der Waals surface area contributed by atoms with Crippen LogP contribution < -0.4 is 5.32 Å². The lowest BCUT2D eigenvalue weighted by Crippen LogP contribution is -2.28. The topological polar surface area (TPSA) is 57.8 Å². The van der Waals surface area contributed by atoms with Crippen LogP contribution in [0, 0.1) is 17.6 Å². The lowest BCUT2D eigenvalue weighted by Gasteiger charge is -2.12. The van der Waals surface area contributed by atoms with Crippen LogP contribution in [0.5, 0.6) is 0 Å². The van der Waals surface area contributed by atoms with E-state index in [9.17, 15) is 13.6 Å². The van der Waals surface area contributed by atoms with Gasteiger partial charge in [-0.15, -0.1) is 11.3 Å². The molecule has 1 saturated carbocycles. The summed E-state index contributed by atoms with van der Waals surface area (Å²) in [4.78, 5) is 20.9. The van der Waals surface area contributed by atoms with Gasteiger partial charge in [-0.3, -0.25) is 4.79 Å². The molecule has 142 valence electrons. The van der Waals surface area contributed by atoms with Gasteiger partial charge >= 0.3 is 0 Å². The van der Waals surface area contributed by atoms with Crippen LogP contribution >= 0.6 is 11.3 Å². The number of thiophene rings is 1. The van der Waals surface area contributed by atoms with Crippen LogP contribution in [0.3, 0.4) is 0 Å². The molecule has 4 aromatic rings. The third-order valence-corrected chi connectivity index (χ3v) is 6.56. The SMILES string of the molecule is CC(NC(=O)[C@H]1C[C@@H]1c1nc2ccccc2[nH]1)c1sc2cc(F)ccc2c1F. The van der Waals surface area contributed by atoms with E-state index in [0.29, 0.717) is 15.0 Å². The average Bonchev–Trinajstić information content (AvgIpc) is 3.26. The Morgan fingerprint density at radius 3 is 2.93 bits per heavy atom. The Labute approximate surface area is 163 Å². The number of carbonyl (C=O) groups is 1. The maximum absolute atomic E-state index is 14.7. The quantitative estimate of drug-likeness (QED) is 0.507. The first-order valence-corrected chi connectivity index (χ1v) is 9.95. The highest BCUT2D eigenvalue weighted by atomic mass is 32.1. The Balaban J connectivity index is 1.31. The van der Waals surface area contributed by atoms with Gasteiger partial charge in [-0.2, -0.15) is 0 Å². The lowest BCUT2D eigenvalue weighted by molar-refractivity contribution is -0.123. The van der Waals surface area contributed by atoms with Gasteiger partial charge in [0.2, 0.25) is 5.91 Å². The number of para-hydroxylation sites is 2. The smallest absolute Gasteiger partial charge is 0.224 e. The molecule has 1 unspecified atom stereocenters. The summed E-state index contributed by atoms with van der Waals surface area (Å²) in [5, 5.41) is 3.29. The number of nitrogens with zero attached hydrogens (tertiary/aromatic N) is 1. The van der Waals surface area contributed by atoms with Crippen molar-refractivity contribution in [1.82, 2.24) is 15.3 Å². The number of halogens is 2. The number of rotatable bonds is 4. The van der Waals surface area contributed by atoms with Crippen LogP contribution in [-0.4, -0.2) is 15.9 Å². The summed E-state index contributed by atoms with van der Waals surface area (Å²) in [5.74, 6) is -0.196. The molecule has 0 bridgehead atoms. The summed E-state index contributed by atoms with van der Waals surface area (Å²) in [7, 11) is 0. The van der Waals surface area contributed by atoms with Gasteiger partial charge in [0, 0.05) is 21.9 Å². The predicted molar refractivity (Wildman–Crippen MR) is 105 cm³/mol. The molecule has 0 radical (unpaired) electrons. The largest absolute Gasteiger partial charge is 0.348 e. The second-order valence-corrected chi connectivity index (χ2v) is 8.32. The van der Waals surface area contributed by atoms with Gasteiger partial charge in [0.15, 0.2) is 0 Å². The molecule has 2 aromatic heterocycles. The molecule has 0 aliphatic heterocycles. The Bertz CT molecular complexity index is 1180. The van der Waals surface area contributed by atoms with E-state index in [1.54, 1.807) is 6.92 Å². The first-order valence-electron chi connectivity index (χ1n) is 9.13. The van der Waals surface area contributed by atoms with Crippen molar-refractivity contribution in [3.63, 3.8) is 0 Å². The van der Waals surface area contributed by atoms with Crippen molar-refractivity contribution < 1.29 is 13.6 Å². The lowest BCUT2D eigenvalue weighted by atomic mass is 10.2. The first-order chi connectivity index (χ1) is 13.5. The zero-order valence-electron chi connectivity index (χ0n) is 15.0. The molecular formula is C21H17F2N3OS. The molecule has 1 aliphatic rings. The Morgan fingerprint density at radius 1 is 1.29 bits per heavy atom. The van der Waals surface area contributed by atoms with E-state index in [1.165, 1.54) is 29.5 Å². The minimum atomic E-state index is -0.482. The number of aromatic nitrogens is 2. The molecule has 1 amide bonds. The van der Waals surface area contributed by atoms with E-state index in [1.807, 2.05) is 24.3 Å². The van der Waals surface area contributed by atoms with Gasteiger partial charge in [0.1, 0.15) is 17.5 Å². The van der Waals surface area contributed by atoms with Gasteiger partial charge in [0.25, 0.3) is 0 Å². The molecule has 2 N–H and O–H groups in total. The van der Waals surface area contributed by atoms with E-state index in [4.69, 9.17) is 0 Å². The normalized spacial score (nSPS) is 19.8. The molecule has 28 heavy (non-hydrogen) atoms. The fourth-order valence-electron chi connectivity index (χ4n) is 3.66. The first kappa shape index (κ1) is 17.3. The molecule has 1 fully saturated rings. The molecule has 1 aliphatic carbocycles. The monoisotopic (exact) mass is 397 g/mol. The summed E-state index contributed by atoms with van der Waals surface area (Å²) >= 11 is 1.17. The maximum Gasteiger partial charge on any atom is 0.224 e. The van der Waals surface area contributed by atoms with Crippen molar-refractivity contribution >= 4 is 38.4 Å². The van der Waals surface area contributed by atoms with Crippen molar-refractivity contribution in [3.05, 3.63) is 64.8 Å². The van der Waals surface area contributed by atoms with E-state index in [2.05, 4.69) is 15.3 Å². The van der Waals surface area contributed by atoms with Gasteiger partial charge in [-0.1, -0.05) is 12.1 Å². The second-order valence-electron chi connectivity index (χ2n) is 7.24. The fourth-order valence-corrected chi connectivity index (χ4v) is 4.77. The van der Waals surface area contributed by atoms with Crippen LogP contribution in [0.15, 0.2) is 42.5 Å². The Morgan fingerprint density at radius 2 is 2.11 bits per heavy atom. The van der Waals surface area contributed by atoms with Gasteiger partial charge in [-0.05, 0) is 43.7 Å². The summed E-state index contributed by atoms with van der Waals surface area (Å²) in [6, 6.07) is 11.3. The number of H-pyrrole nitrogens is 1. The van der Waals surface area contributed by atoms with Crippen LogP contribution in [0.1, 0.15) is 36.0 Å². The van der Waals surface area contributed by atoms with Crippen LogP contribution in [0.4, 0.5) is 8.78 Å². The molecule has 7 heteroatoms. The second kappa shape index (κ2) is 6.38. The molecular weight excluding hydrogens is 380 g/mol. The number of carbonyl (C=O) groups excluding carboxylic acids is 1. The fraction of sp³-hybridized carbons (Fsp3) is 0.238. The number of aromatic amines is 1. The number of imidazole rings is 1. The van der Waals surface area contributed by atoms with Crippen LogP contribution in [-0.2, 0) is 4.79 Å². The minimum Gasteiger partial charge on any atom is -0.348 e. The van der Waals surface area contributed by atoms with Crippen molar-refractivity contribution in [2.75, 3.05) is 0 Å². The molecule has 5 rings (SSSR count). The van der Waals surface area contributed by atoms with Crippen molar-refractivity contribution in [2.24, 2.45) is 5.92 Å². The summed E-state index contributed by atoms with van der Waals surface area (Å²) < 4.78 is 28.6. The minimum absolute atomic E-state index is 0.0564. The van der Waals surface area contributed by atoms with Crippen LogP contribution in [0.2, 0.25) is 0 Å². The summed E-state index contributed by atoms with van der Waals surface area (Å²) in [5.41, 5.74) is 1.84. The number of hydrogen-bond donors (Lipinski definition) is 2. The summed E-state index contributed by atoms with van der Waals surface area (Å²) in [6.07, 6.45) is 0.721. The summed E-state index contributed by atoms with van der Waals surface area (Å²) in [6.45, 7) is 1.75. The molecule has 0 spiro atoms. The molecule has 2 heterocycles. The van der Waals surface area contributed by atoms with Gasteiger partial charge in [0.05, 0.1) is 22.0 Å². The average molecular weight is 397 g/mol. The highest BCUT2D eigenvalue weighted by Crippen LogP contribution is 2.47. The van der Waals surface area contributed by atoms with Crippen LogP contribution in [0.25, 0.3) is 21.1 Å². The Hall–Kier alpha value is -2.80. The number of fused-ring (bicyclic) bond motifs is 2. The third kappa shape index (κ3) is 2.86. The van der Waals surface area contributed by atoms with Gasteiger partial charge in [-0.25, -0.2) is 13.8 Å². The molecule has 3 atom stereocenters. The molecule has 2 aromatic carbocycles. The highest BCUT2D eigenvalue weighted by molar-refractivity contribution is 7.19. The molecule has 4 nitrogen and oxygen atoms in total. The Kier molecular flexibility index (Phi) is 3.94. The van der Waals surface area contributed by atoms with E-state index in [-0.39, 0.29) is 17.7 Å². The number of nitrogens with one attached hydrogen (secondary N) is 2. The zero-order valence-corrected chi connectivity index (χ0v) is 15.8. The number of benzene rings is 2. The number of hydrogen-bond acceptors (Lipinski definition) is 3. The third-order valence-electron chi connectivity index (χ3n) is 5.25. The predicted octanol–water partition coefficient (Wildman–Crippen LogP) is 5.04. The standard InChI is InChI=1S/C21H17F2N3OS/c1-10(19-18(23)12-7-6-11(22)8-17(12)28-19)24-21(27)14-9-13(14)20-25-15-4-2-3-5-16(15)26-20/h2-8,10,13-14H,9H2,1H3,(H,24,27)(H,25,26)/t10?,13-,14-/m0/s1.